The van der Waals surface area contributed by atoms with E-state index < -0.39 is 29.9 Å². The van der Waals surface area contributed by atoms with Crippen LogP contribution in [0.5, 0.6) is 11.5 Å². The van der Waals surface area contributed by atoms with Crippen LogP contribution >= 0.6 is 0 Å². The van der Waals surface area contributed by atoms with Crippen molar-refractivity contribution in [1.82, 2.24) is 0 Å². The molecular formula is C22H22N2O9. The van der Waals surface area contributed by atoms with Crippen LogP contribution in [0.1, 0.15) is 25.8 Å². The molecule has 2 aromatic carbocycles. The molecule has 11 heteroatoms. The molecule has 0 radical (unpaired) electrons. The van der Waals surface area contributed by atoms with Crippen LogP contribution in [0, 0.1) is 10.1 Å². The smallest absolute Gasteiger partial charge is 0.338 e. The van der Waals surface area contributed by atoms with Crippen LogP contribution in [0.3, 0.4) is 0 Å². The van der Waals surface area contributed by atoms with Crippen molar-refractivity contribution in [2.45, 2.75) is 26.4 Å². The quantitative estimate of drug-likeness (QED) is 0.134. The lowest BCUT2D eigenvalue weighted by Crippen LogP contribution is -2.29. The fourth-order valence-corrected chi connectivity index (χ4v) is 2.44. The van der Waals surface area contributed by atoms with Crippen LogP contribution in [0.4, 0.5) is 5.69 Å². The van der Waals surface area contributed by atoms with Crippen LogP contribution in [0.15, 0.2) is 54.6 Å². The number of nitrogens with one attached hydrogen (secondary N) is 1. The molecule has 0 heterocycles. The lowest BCUT2D eigenvalue weighted by atomic mass is 10.2. The van der Waals surface area contributed by atoms with Crippen molar-refractivity contribution < 1.29 is 38.5 Å². The van der Waals surface area contributed by atoms with Gasteiger partial charge in [0.25, 0.3) is 5.09 Å². The SMILES string of the molecule is CCC(O[N+](=O)[O-])C(=O)OCOc1ccc(/C=C/C(=O)Oc2ccc(NC(C)=O)cc2)cc1. The van der Waals surface area contributed by atoms with E-state index in [1.54, 1.807) is 61.5 Å². The highest BCUT2D eigenvalue weighted by Crippen LogP contribution is 2.17. The summed E-state index contributed by atoms with van der Waals surface area (Å²) < 4.78 is 15.2. The maximum absolute atomic E-state index is 12.0. The summed E-state index contributed by atoms with van der Waals surface area (Å²) in [5.74, 6) is -0.988. The first-order chi connectivity index (χ1) is 15.8. The molecule has 1 amide bonds. The molecule has 2 rings (SSSR count). The van der Waals surface area contributed by atoms with Crippen LogP contribution in [0.2, 0.25) is 0 Å². The zero-order valence-corrected chi connectivity index (χ0v) is 17.9. The van der Waals surface area contributed by atoms with Crippen LogP contribution in [0.25, 0.3) is 6.08 Å². The molecule has 0 saturated heterocycles. The summed E-state index contributed by atoms with van der Waals surface area (Å²) >= 11 is 0. The van der Waals surface area contributed by atoms with Gasteiger partial charge in [0.1, 0.15) is 11.5 Å². The number of amides is 1. The molecule has 33 heavy (non-hydrogen) atoms. The second-order valence-electron chi connectivity index (χ2n) is 6.48. The van der Waals surface area contributed by atoms with Gasteiger partial charge in [-0.25, -0.2) is 9.59 Å². The van der Waals surface area contributed by atoms with Crippen molar-refractivity contribution in [2.75, 3.05) is 12.1 Å². The van der Waals surface area contributed by atoms with E-state index in [0.29, 0.717) is 22.7 Å². The third-order valence-electron chi connectivity index (χ3n) is 3.96. The number of nitrogens with zero attached hydrogens (tertiary/aromatic N) is 1. The Balaban J connectivity index is 1.79. The minimum absolute atomic E-state index is 0.0751. The van der Waals surface area contributed by atoms with Gasteiger partial charge in [0.2, 0.25) is 18.8 Å². The van der Waals surface area contributed by atoms with Gasteiger partial charge < -0.3 is 19.5 Å². The molecule has 0 bridgehead atoms. The second-order valence-corrected chi connectivity index (χ2v) is 6.48. The predicted molar refractivity (Wildman–Crippen MR) is 116 cm³/mol. The minimum Gasteiger partial charge on any atom is -0.457 e. The van der Waals surface area contributed by atoms with E-state index in [-0.39, 0.29) is 12.3 Å². The fraction of sp³-hybridized carbons (Fsp3) is 0.227. The first-order valence-electron chi connectivity index (χ1n) is 9.75. The summed E-state index contributed by atoms with van der Waals surface area (Å²) in [6, 6.07) is 12.8. The standard InChI is InChI=1S/C22H22N2O9/c1-3-20(33-24(28)29)22(27)31-14-30-18-9-4-16(5-10-18)6-13-21(26)32-19-11-7-17(8-12-19)23-15(2)25/h4-13,20H,3,14H2,1-2H3,(H,23,25)/b13-6+. The van der Waals surface area contributed by atoms with Crippen molar-refractivity contribution in [1.29, 1.82) is 0 Å². The number of benzene rings is 2. The molecule has 1 unspecified atom stereocenters. The molecule has 0 aliphatic rings. The lowest BCUT2D eigenvalue weighted by Gasteiger charge is -2.12. The van der Waals surface area contributed by atoms with Gasteiger partial charge in [0.05, 0.1) is 0 Å². The number of ether oxygens (including phenoxy) is 3. The summed E-state index contributed by atoms with van der Waals surface area (Å²) in [6.45, 7) is 2.49. The van der Waals surface area contributed by atoms with E-state index in [9.17, 15) is 24.5 Å². The Kier molecular flexibility index (Phi) is 9.37. The summed E-state index contributed by atoms with van der Waals surface area (Å²) in [5, 5.41) is 11.9. The zero-order chi connectivity index (χ0) is 24.2. The topological polar surface area (TPSA) is 143 Å². The Bertz CT molecular complexity index is 1000. The van der Waals surface area contributed by atoms with Gasteiger partial charge in [-0.15, -0.1) is 10.1 Å². The van der Waals surface area contributed by atoms with E-state index >= 15 is 0 Å². The van der Waals surface area contributed by atoms with E-state index in [1.165, 1.54) is 13.0 Å². The molecule has 0 aliphatic carbocycles. The number of hydrogen-bond donors (Lipinski definition) is 1. The number of carbonyl (C=O) groups is 3. The van der Waals surface area contributed by atoms with E-state index in [4.69, 9.17) is 14.2 Å². The van der Waals surface area contributed by atoms with Crippen molar-refractivity contribution in [3.8, 4) is 11.5 Å². The molecule has 1 atom stereocenters. The Morgan fingerprint density at radius 1 is 1.06 bits per heavy atom. The highest BCUT2D eigenvalue weighted by atomic mass is 17.0. The molecule has 0 aliphatic heterocycles. The Morgan fingerprint density at radius 2 is 1.70 bits per heavy atom. The van der Waals surface area contributed by atoms with Gasteiger partial charge in [-0.2, -0.15) is 0 Å². The van der Waals surface area contributed by atoms with Gasteiger partial charge in [0, 0.05) is 18.7 Å². The summed E-state index contributed by atoms with van der Waals surface area (Å²) in [6.07, 6.45) is 1.55. The van der Waals surface area contributed by atoms with E-state index in [1.807, 2.05) is 0 Å². The second kappa shape index (κ2) is 12.4. The summed E-state index contributed by atoms with van der Waals surface area (Å²) in [4.78, 5) is 49.2. The van der Waals surface area contributed by atoms with E-state index in [0.717, 1.165) is 0 Å². The van der Waals surface area contributed by atoms with Gasteiger partial charge in [-0.05, 0) is 54.5 Å². The Morgan fingerprint density at radius 3 is 2.27 bits per heavy atom. The molecule has 174 valence electrons. The first kappa shape index (κ1) is 24.9. The molecule has 0 aromatic heterocycles. The van der Waals surface area contributed by atoms with Gasteiger partial charge >= 0.3 is 11.9 Å². The van der Waals surface area contributed by atoms with Crippen molar-refractivity contribution in [2.24, 2.45) is 0 Å². The molecule has 0 fully saturated rings. The normalized spacial score (nSPS) is 11.3. The molecule has 0 saturated carbocycles. The maximum Gasteiger partial charge on any atom is 0.338 e. The van der Waals surface area contributed by atoms with E-state index in [2.05, 4.69) is 10.2 Å². The molecule has 1 N–H and O–H groups in total. The fourth-order valence-electron chi connectivity index (χ4n) is 2.44. The largest absolute Gasteiger partial charge is 0.457 e. The van der Waals surface area contributed by atoms with Crippen LogP contribution < -0.4 is 14.8 Å². The molecular weight excluding hydrogens is 436 g/mol. The van der Waals surface area contributed by atoms with Crippen molar-refractivity contribution in [3.63, 3.8) is 0 Å². The number of esters is 2. The highest BCUT2D eigenvalue weighted by molar-refractivity contribution is 5.90. The summed E-state index contributed by atoms with van der Waals surface area (Å²) in [7, 11) is 0. The minimum atomic E-state index is -1.31. The van der Waals surface area contributed by atoms with Gasteiger partial charge in [-0.3, -0.25) is 9.63 Å². The Labute approximate surface area is 189 Å². The number of rotatable bonds is 11. The lowest BCUT2D eigenvalue weighted by molar-refractivity contribution is -0.765. The molecule has 11 nitrogen and oxygen atoms in total. The predicted octanol–water partition coefficient (Wildman–Crippen LogP) is 3.13. The first-order valence-corrected chi connectivity index (χ1v) is 9.75. The average Bonchev–Trinajstić information content (AvgIpc) is 2.77. The summed E-state index contributed by atoms with van der Waals surface area (Å²) in [5.41, 5.74) is 1.27. The van der Waals surface area contributed by atoms with Crippen LogP contribution in [-0.4, -0.2) is 35.8 Å². The van der Waals surface area contributed by atoms with Crippen LogP contribution in [-0.2, 0) is 24.0 Å². The highest BCUT2D eigenvalue weighted by Gasteiger charge is 2.22. The Hall–Kier alpha value is -4.41. The molecule has 2 aromatic rings. The number of hydrogen-bond acceptors (Lipinski definition) is 9. The monoisotopic (exact) mass is 458 g/mol. The zero-order valence-electron chi connectivity index (χ0n) is 17.9. The van der Waals surface area contributed by atoms with Crippen molar-refractivity contribution in [3.05, 3.63) is 70.3 Å². The third kappa shape index (κ3) is 9.09. The van der Waals surface area contributed by atoms with Gasteiger partial charge in [-0.1, -0.05) is 19.1 Å². The van der Waals surface area contributed by atoms with Gasteiger partial charge in [0.15, 0.2) is 0 Å². The number of anilines is 1. The molecule has 0 spiro atoms. The average molecular weight is 458 g/mol. The van der Waals surface area contributed by atoms with Crippen molar-refractivity contribution >= 4 is 29.6 Å². The number of carbonyl (C=O) groups excluding carboxylic acids is 3. The third-order valence-corrected chi connectivity index (χ3v) is 3.96. The maximum atomic E-state index is 12.0.